The molecule has 4 aliphatic rings. The Kier molecular flexibility index (Phi) is 8.67. The summed E-state index contributed by atoms with van der Waals surface area (Å²) in [4.78, 5) is 8.59. The highest BCUT2D eigenvalue weighted by Gasteiger charge is 2.48. The van der Waals surface area contributed by atoms with Gasteiger partial charge in [-0.05, 0) is 119 Å². The number of hydrogen-bond acceptors (Lipinski definition) is 5. The second-order valence-corrected chi connectivity index (χ2v) is 15.6. The van der Waals surface area contributed by atoms with Crippen molar-refractivity contribution in [1.82, 2.24) is 9.80 Å². The zero-order chi connectivity index (χ0) is 30.0. The average molecular weight is 610 g/mol. The van der Waals surface area contributed by atoms with Crippen LogP contribution in [0.25, 0.3) is 0 Å². The minimum Gasteiger partial charge on any atom is -0.371 e. The van der Waals surface area contributed by atoms with Crippen LogP contribution in [0.1, 0.15) is 44.1 Å². The number of rotatable bonds is 10. The molecule has 0 radical (unpaired) electrons. The molecule has 0 saturated carbocycles. The molecule has 3 fully saturated rings. The maximum atomic E-state index is 13.0. The van der Waals surface area contributed by atoms with Gasteiger partial charge in [-0.15, -0.1) is 0 Å². The summed E-state index contributed by atoms with van der Waals surface area (Å²) >= 11 is 0. The Hall–Kier alpha value is -2.93. The monoisotopic (exact) mass is 609 g/mol. The van der Waals surface area contributed by atoms with Gasteiger partial charge in [-0.2, -0.15) is 0 Å². The quantitative estimate of drug-likeness (QED) is 0.240. The molecular weight excluding hydrogens is 563 g/mol. The first-order chi connectivity index (χ1) is 21.5. The number of sulfone groups is 1. The van der Waals surface area contributed by atoms with Crippen molar-refractivity contribution in [2.45, 2.75) is 53.7 Å². The molecule has 3 heterocycles. The molecule has 1 aliphatic carbocycles. The van der Waals surface area contributed by atoms with Gasteiger partial charge in [0, 0.05) is 43.2 Å². The van der Waals surface area contributed by atoms with E-state index in [0.717, 1.165) is 25.3 Å². The van der Waals surface area contributed by atoms with Crippen molar-refractivity contribution in [2.75, 3.05) is 57.3 Å². The molecule has 6 heteroatoms. The number of benzene rings is 3. The first-order valence-corrected chi connectivity index (χ1v) is 18.3. The molecule has 44 heavy (non-hydrogen) atoms. The number of piperidine rings is 1. The molecule has 0 amide bonds. The van der Waals surface area contributed by atoms with Crippen LogP contribution in [0.2, 0.25) is 0 Å². The lowest BCUT2D eigenvalue weighted by molar-refractivity contribution is 0.0637. The first-order valence-electron chi connectivity index (χ1n) is 16.8. The van der Waals surface area contributed by atoms with Crippen LogP contribution in [0.4, 0.5) is 5.69 Å². The summed E-state index contributed by atoms with van der Waals surface area (Å²) in [6.45, 7) is 9.36. The Morgan fingerprint density at radius 2 is 1.34 bits per heavy atom. The van der Waals surface area contributed by atoms with Crippen LogP contribution in [-0.4, -0.2) is 70.6 Å². The lowest BCUT2D eigenvalue weighted by Gasteiger charge is -2.51. The van der Waals surface area contributed by atoms with Crippen molar-refractivity contribution in [1.29, 1.82) is 0 Å². The van der Waals surface area contributed by atoms with Gasteiger partial charge in [0.2, 0.25) is 9.84 Å². The largest absolute Gasteiger partial charge is 0.371 e. The second-order valence-electron chi connectivity index (χ2n) is 13.7. The summed E-state index contributed by atoms with van der Waals surface area (Å²) in [5.74, 6) is 2.01. The topological polar surface area (TPSA) is 43.9 Å². The van der Waals surface area contributed by atoms with Crippen molar-refractivity contribution in [3.8, 4) is 0 Å². The fraction of sp³-hybridized carbons (Fsp3) is 0.474. The van der Waals surface area contributed by atoms with Gasteiger partial charge in [0.05, 0.1) is 9.79 Å². The summed E-state index contributed by atoms with van der Waals surface area (Å²) in [5.41, 5.74) is 2.89. The summed E-state index contributed by atoms with van der Waals surface area (Å²) in [6.07, 6.45) is 12.8. The Labute approximate surface area is 264 Å². The molecule has 3 aromatic carbocycles. The van der Waals surface area contributed by atoms with E-state index >= 15 is 0 Å². The zero-order valence-electron chi connectivity index (χ0n) is 25.9. The third kappa shape index (κ3) is 5.89. The van der Waals surface area contributed by atoms with E-state index < -0.39 is 9.84 Å². The van der Waals surface area contributed by atoms with E-state index in [1.54, 1.807) is 42.0 Å². The smallest absolute Gasteiger partial charge is 0.206 e. The van der Waals surface area contributed by atoms with Gasteiger partial charge in [-0.3, -0.25) is 0 Å². The van der Waals surface area contributed by atoms with E-state index in [1.165, 1.54) is 71.2 Å². The molecule has 2 atom stereocenters. The maximum absolute atomic E-state index is 13.0. The number of nitrogens with zero attached hydrogens (tertiary/aromatic N) is 3. The number of anilines is 1. The van der Waals surface area contributed by atoms with Crippen LogP contribution in [0.15, 0.2) is 107 Å². The maximum Gasteiger partial charge on any atom is 0.206 e. The highest BCUT2D eigenvalue weighted by molar-refractivity contribution is 7.91. The fourth-order valence-corrected chi connectivity index (χ4v) is 9.96. The van der Waals surface area contributed by atoms with Crippen LogP contribution < -0.4 is 4.90 Å². The van der Waals surface area contributed by atoms with Gasteiger partial charge in [0.25, 0.3) is 0 Å². The van der Waals surface area contributed by atoms with E-state index in [4.69, 9.17) is 0 Å². The SMILES string of the molecule is O=S(=O)(c1ccccc1)c1ccc(N2CC(CN3CCC(C(CN4CCCC4)(c4ccccc4)[C@H]4C=CCC4)CC3)C2)cc1. The lowest BCUT2D eigenvalue weighted by Crippen LogP contribution is -2.55. The highest BCUT2D eigenvalue weighted by atomic mass is 32.2. The van der Waals surface area contributed by atoms with Crippen molar-refractivity contribution in [3.63, 3.8) is 0 Å². The molecule has 5 nitrogen and oxygen atoms in total. The van der Waals surface area contributed by atoms with Crippen molar-refractivity contribution >= 4 is 15.5 Å². The van der Waals surface area contributed by atoms with Crippen molar-refractivity contribution < 1.29 is 8.42 Å². The predicted molar refractivity (Wildman–Crippen MR) is 179 cm³/mol. The van der Waals surface area contributed by atoms with Gasteiger partial charge in [-0.25, -0.2) is 8.42 Å². The number of likely N-dealkylation sites (tertiary alicyclic amines) is 2. The number of hydrogen-bond donors (Lipinski definition) is 0. The second kappa shape index (κ2) is 12.8. The molecule has 0 N–H and O–H groups in total. The van der Waals surface area contributed by atoms with Crippen LogP contribution in [-0.2, 0) is 15.3 Å². The molecule has 0 spiro atoms. The normalized spacial score (nSPS) is 23.5. The van der Waals surface area contributed by atoms with Crippen LogP contribution >= 0.6 is 0 Å². The standard InChI is InChI=1S/C38H47N3O2S/c42-44(43,36-15-5-2-6-16-36)37-19-17-35(18-20-37)41-28-31(29-41)27-39-25-21-34(22-26-39)38(33-13-7-8-14-33,30-40-23-9-10-24-40)32-11-3-1-4-12-32/h1-7,11-13,15-20,31,33-34H,8-10,14,21-30H2/t33-,38?/m0/s1. The minimum atomic E-state index is -3.48. The molecule has 1 unspecified atom stereocenters. The first kappa shape index (κ1) is 29.8. The van der Waals surface area contributed by atoms with Crippen molar-refractivity contribution in [2.24, 2.45) is 17.8 Å². The van der Waals surface area contributed by atoms with E-state index in [2.05, 4.69) is 57.2 Å². The summed E-state index contributed by atoms with van der Waals surface area (Å²) in [7, 11) is -3.48. The van der Waals surface area contributed by atoms with E-state index in [1.807, 2.05) is 18.2 Å². The molecule has 7 rings (SSSR count). The molecular formula is C38H47N3O2S. The van der Waals surface area contributed by atoms with Crippen LogP contribution in [0, 0.1) is 17.8 Å². The molecule has 0 aromatic heterocycles. The third-order valence-corrected chi connectivity index (χ3v) is 12.8. The zero-order valence-corrected chi connectivity index (χ0v) is 26.8. The van der Waals surface area contributed by atoms with Gasteiger partial charge in [0.15, 0.2) is 0 Å². The average Bonchev–Trinajstić information content (AvgIpc) is 3.78. The summed E-state index contributed by atoms with van der Waals surface area (Å²) in [6, 6.07) is 27.7. The Morgan fingerprint density at radius 1 is 0.705 bits per heavy atom. The van der Waals surface area contributed by atoms with Crippen molar-refractivity contribution in [3.05, 3.63) is 103 Å². The third-order valence-electron chi connectivity index (χ3n) is 11.0. The Morgan fingerprint density at radius 3 is 1.98 bits per heavy atom. The van der Waals surface area contributed by atoms with Gasteiger partial charge < -0.3 is 14.7 Å². The fourth-order valence-electron chi connectivity index (χ4n) is 8.67. The predicted octanol–water partition coefficient (Wildman–Crippen LogP) is 6.67. The molecule has 232 valence electrons. The molecule has 3 aromatic rings. The number of allylic oxidation sites excluding steroid dienone is 2. The van der Waals surface area contributed by atoms with Gasteiger partial charge >= 0.3 is 0 Å². The van der Waals surface area contributed by atoms with Gasteiger partial charge in [0.1, 0.15) is 0 Å². The Bertz CT molecular complexity index is 1510. The van der Waals surface area contributed by atoms with Gasteiger partial charge in [-0.1, -0.05) is 60.7 Å². The summed E-state index contributed by atoms with van der Waals surface area (Å²) < 4.78 is 25.9. The van der Waals surface area contributed by atoms with E-state index in [9.17, 15) is 8.42 Å². The Balaban J connectivity index is 0.972. The molecule has 0 bridgehead atoms. The van der Waals surface area contributed by atoms with Crippen LogP contribution in [0.3, 0.4) is 0 Å². The van der Waals surface area contributed by atoms with E-state index in [-0.39, 0.29) is 5.41 Å². The van der Waals surface area contributed by atoms with Crippen LogP contribution in [0.5, 0.6) is 0 Å². The summed E-state index contributed by atoms with van der Waals surface area (Å²) in [5, 5.41) is 0. The minimum absolute atomic E-state index is 0.206. The molecule has 3 saturated heterocycles. The van der Waals surface area contributed by atoms with E-state index in [0.29, 0.717) is 27.5 Å². The lowest BCUT2D eigenvalue weighted by atomic mass is 9.59. The highest BCUT2D eigenvalue weighted by Crippen LogP contribution is 2.49. The molecule has 3 aliphatic heterocycles.